The van der Waals surface area contributed by atoms with Crippen molar-refractivity contribution < 1.29 is 9.53 Å². The third kappa shape index (κ3) is 5.14. The minimum Gasteiger partial charge on any atom is -0.492 e. The van der Waals surface area contributed by atoms with Gasteiger partial charge in [-0.15, -0.1) is 5.10 Å². The van der Waals surface area contributed by atoms with Crippen LogP contribution in [0.4, 0.5) is 5.69 Å². The zero-order chi connectivity index (χ0) is 20.8. The Morgan fingerprint density at radius 1 is 1.14 bits per heavy atom. The molecule has 1 heterocycles. The van der Waals surface area contributed by atoms with Crippen LogP contribution in [0.2, 0.25) is 0 Å². The fourth-order valence-electron chi connectivity index (χ4n) is 2.71. The molecule has 1 N–H and O–H groups in total. The van der Waals surface area contributed by atoms with Gasteiger partial charge in [-0.25, -0.2) is 0 Å². The van der Waals surface area contributed by atoms with Crippen molar-refractivity contribution in [3.05, 3.63) is 54.1 Å². The van der Waals surface area contributed by atoms with Crippen LogP contribution in [-0.2, 0) is 4.79 Å². The van der Waals surface area contributed by atoms with Gasteiger partial charge in [-0.2, -0.15) is 4.68 Å². The molecule has 0 unspecified atom stereocenters. The Kier molecular flexibility index (Phi) is 6.87. The summed E-state index contributed by atoms with van der Waals surface area (Å²) in [6.45, 7) is 8.56. The summed E-state index contributed by atoms with van der Waals surface area (Å²) >= 11 is 1.30. The number of hydrogen-bond donors (Lipinski definition) is 1. The Hall–Kier alpha value is -2.87. The molecule has 1 aromatic heterocycles. The van der Waals surface area contributed by atoms with Crippen LogP contribution in [0.25, 0.3) is 5.69 Å². The summed E-state index contributed by atoms with van der Waals surface area (Å²) in [6, 6.07) is 15.5. The molecule has 1 atom stereocenters. The van der Waals surface area contributed by atoms with Gasteiger partial charge in [0.15, 0.2) is 0 Å². The Labute approximate surface area is 174 Å². The van der Waals surface area contributed by atoms with E-state index in [1.807, 2.05) is 50.2 Å². The molecule has 0 saturated heterocycles. The molecule has 1 amide bonds. The predicted molar refractivity (Wildman–Crippen MR) is 115 cm³/mol. The number of carbonyl (C=O) groups excluding carboxylic acids is 1. The second-order valence-electron chi connectivity index (χ2n) is 6.80. The average Bonchev–Trinajstić information content (AvgIpc) is 3.17. The molecule has 3 rings (SSSR count). The summed E-state index contributed by atoms with van der Waals surface area (Å²) in [5, 5.41) is 15.0. The Bertz CT molecular complexity index is 956. The molecule has 152 valence electrons. The number of carbonyl (C=O) groups is 1. The van der Waals surface area contributed by atoms with Crippen molar-refractivity contribution >= 4 is 23.4 Å². The molecule has 0 aliphatic heterocycles. The van der Waals surface area contributed by atoms with Crippen LogP contribution < -0.4 is 10.1 Å². The molecular weight excluding hydrogens is 386 g/mol. The smallest absolute Gasteiger partial charge is 0.237 e. The lowest BCUT2D eigenvalue weighted by molar-refractivity contribution is -0.115. The highest BCUT2D eigenvalue weighted by Gasteiger charge is 2.20. The first-order chi connectivity index (χ1) is 14.0. The lowest BCUT2D eigenvalue weighted by atomic mass is 10.0. The van der Waals surface area contributed by atoms with E-state index in [2.05, 4.69) is 46.8 Å². The summed E-state index contributed by atoms with van der Waals surface area (Å²) in [6.07, 6.45) is 0. The molecule has 0 aliphatic carbocycles. The molecule has 0 saturated carbocycles. The monoisotopic (exact) mass is 411 g/mol. The van der Waals surface area contributed by atoms with Gasteiger partial charge in [-0.3, -0.25) is 4.79 Å². The third-order valence-corrected chi connectivity index (χ3v) is 5.37. The van der Waals surface area contributed by atoms with Crippen molar-refractivity contribution in [3.63, 3.8) is 0 Å². The van der Waals surface area contributed by atoms with Gasteiger partial charge in [0.1, 0.15) is 5.75 Å². The number of hydrogen-bond acceptors (Lipinski definition) is 6. The molecule has 0 aliphatic rings. The molecule has 0 fully saturated rings. The van der Waals surface area contributed by atoms with E-state index in [-0.39, 0.29) is 5.91 Å². The first-order valence-corrected chi connectivity index (χ1v) is 10.5. The van der Waals surface area contributed by atoms with Crippen molar-refractivity contribution in [2.45, 2.75) is 44.0 Å². The van der Waals surface area contributed by atoms with Gasteiger partial charge in [0.2, 0.25) is 11.1 Å². The lowest BCUT2D eigenvalue weighted by Gasteiger charge is -2.14. The normalized spacial score (nSPS) is 12.0. The molecule has 0 spiro atoms. The predicted octanol–water partition coefficient (Wildman–Crippen LogP) is 4.30. The topological polar surface area (TPSA) is 81.9 Å². The van der Waals surface area contributed by atoms with E-state index >= 15 is 0 Å². The first-order valence-electron chi connectivity index (χ1n) is 9.57. The minimum absolute atomic E-state index is 0.146. The molecular formula is C21H25N5O2S. The van der Waals surface area contributed by atoms with Crippen LogP contribution in [0.5, 0.6) is 5.75 Å². The van der Waals surface area contributed by atoms with Gasteiger partial charge in [-0.1, -0.05) is 49.9 Å². The van der Waals surface area contributed by atoms with E-state index in [0.717, 1.165) is 5.69 Å². The van der Waals surface area contributed by atoms with E-state index in [0.29, 0.717) is 29.1 Å². The number of nitrogens with zero attached hydrogens (tertiary/aromatic N) is 4. The molecule has 8 heteroatoms. The third-order valence-electron chi connectivity index (χ3n) is 4.34. The average molecular weight is 412 g/mol. The summed E-state index contributed by atoms with van der Waals surface area (Å²) in [5.41, 5.74) is 2.75. The number of amides is 1. The number of aromatic nitrogens is 4. The molecule has 7 nitrogen and oxygen atoms in total. The fourth-order valence-corrected chi connectivity index (χ4v) is 3.52. The molecule has 0 radical (unpaired) electrons. The largest absolute Gasteiger partial charge is 0.492 e. The van der Waals surface area contributed by atoms with E-state index in [1.165, 1.54) is 17.3 Å². The van der Waals surface area contributed by atoms with Gasteiger partial charge in [0.05, 0.1) is 23.2 Å². The van der Waals surface area contributed by atoms with Crippen molar-refractivity contribution in [1.82, 2.24) is 20.2 Å². The van der Waals surface area contributed by atoms with Crippen molar-refractivity contribution in [3.8, 4) is 11.4 Å². The van der Waals surface area contributed by atoms with Crippen LogP contribution in [0, 0.1) is 0 Å². The fraction of sp³-hybridized carbons (Fsp3) is 0.333. The Morgan fingerprint density at radius 3 is 2.55 bits per heavy atom. The van der Waals surface area contributed by atoms with Gasteiger partial charge >= 0.3 is 0 Å². The quantitative estimate of drug-likeness (QED) is 0.557. The number of ether oxygens (including phenoxy) is 1. The summed E-state index contributed by atoms with van der Waals surface area (Å²) < 4.78 is 7.21. The first kappa shape index (κ1) is 20.9. The van der Waals surface area contributed by atoms with Crippen LogP contribution in [0.15, 0.2) is 53.7 Å². The maximum Gasteiger partial charge on any atom is 0.237 e. The summed E-state index contributed by atoms with van der Waals surface area (Å²) in [7, 11) is 0. The number of nitrogens with one attached hydrogen (secondary N) is 1. The van der Waals surface area contributed by atoms with Crippen molar-refractivity contribution in [2.24, 2.45) is 0 Å². The number of benzene rings is 2. The van der Waals surface area contributed by atoms with Crippen LogP contribution in [0.1, 0.15) is 39.2 Å². The Balaban J connectivity index is 1.71. The SMILES string of the molecule is CCOc1ccccc1NC(=O)[C@@H](C)Sc1nnnn1-c1ccc(C(C)C)cc1. The van der Waals surface area contributed by atoms with Gasteiger partial charge in [0, 0.05) is 0 Å². The van der Waals surface area contributed by atoms with Gasteiger partial charge < -0.3 is 10.1 Å². The summed E-state index contributed by atoms with van der Waals surface area (Å²) in [4.78, 5) is 12.7. The van der Waals surface area contributed by atoms with E-state index in [1.54, 1.807) is 4.68 Å². The van der Waals surface area contributed by atoms with Gasteiger partial charge in [-0.05, 0) is 60.0 Å². The van der Waals surface area contributed by atoms with E-state index in [4.69, 9.17) is 4.74 Å². The highest BCUT2D eigenvalue weighted by atomic mass is 32.2. The molecule has 0 bridgehead atoms. The second kappa shape index (κ2) is 9.56. The minimum atomic E-state index is -0.399. The van der Waals surface area contributed by atoms with Crippen molar-refractivity contribution in [1.29, 1.82) is 0 Å². The number of anilines is 1. The summed E-state index contributed by atoms with van der Waals surface area (Å²) in [5.74, 6) is 0.956. The van der Waals surface area contributed by atoms with Crippen LogP contribution in [-0.4, -0.2) is 38.0 Å². The standard InChI is InChI=1S/C21H25N5O2S/c1-5-28-19-9-7-6-8-18(19)22-20(27)15(4)29-21-23-24-25-26(21)17-12-10-16(11-13-17)14(2)3/h6-15H,5H2,1-4H3,(H,22,27)/t15-/m1/s1. The van der Waals surface area contributed by atoms with E-state index in [9.17, 15) is 4.79 Å². The van der Waals surface area contributed by atoms with Crippen molar-refractivity contribution in [2.75, 3.05) is 11.9 Å². The number of para-hydroxylation sites is 2. The highest BCUT2D eigenvalue weighted by molar-refractivity contribution is 8.00. The van der Waals surface area contributed by atoms with Gasteiger partial charge in [0.25, 0.3) is 0 Å². The number of thioether (sulfide) groups is 1. The number of tetrazole rings is 1. The maximum absolute atomic E-state index is 12.7. The molecule has 3 aromatic rings. The second-order valence-corrected chi connectivity index (χ2v) is 8.11. The maximum atomic E-state index is 12.7. The van der Waals surface area contributed by atoms with Crippen LogP contribution >= 0.6 is 11.8 Å². The zero-order valence-corrected chi connectivity index (χ0v) is 17.8. The molecule has 2 aromatic carbocycles. The highest BCUT2D eigenvalue weighted by Crippen LogP contribution is 2.27. The lowest BCUT2D eigenvalue weighted by Crippen LogP contribution is -2.23. The number of rotatable bonds is 8. The Morgan fingerprint density at radius 2 is 1.86 bits per heavy atom. The molecule has 29 heavy (non-hydrogen) atoms. The van der Waals surface area contributed by atoms with E-state index < -0.39 is 5.25 Å². The van der Waals surface area contributed by atoms with Crippen LogP contribution in [0.3, 0.4) is 0 Å². The zero-order valence-electron chi connectivity index (χ0n) is 17.0.